The van der Waals surface area contributed by atoms with E-state index < -0.39 is 22.1 Å². The van der Waals surface area contributed by atoms with E-state index in [1.54, 1.807) is 25.3 Å². The van der Waals surface area contributed by atoms with E-state index in [9.17, 15) is 23.1 Å². The molecular weight excluding hydrogens is 518 g/mol. The smallest absolute Gasteiger partial charge is 0.333 e. The van der Waals surface area contributed by atoms with Gasteiger partial charge in [-0.2, -0.15) is 12.7 Å². The second-order valence-electron chi connectivity index (χ2n) is 10.5. The first kappa shape index (κ1) is 27.1. The molecule has 0 radical (unpaired) electrons. The molecule has 0 spiro atoms. The van der Waals surface area contributed by atoms with Gasteiger partial charge < -0.3 is 14.4 Å². The van der Waals surface area contributed by atoms with Gasteiger partial charge in [0.2, 0.25) is 0 Å². The molecule has 1 aromatic heterocycles. The Bertz CT molecular complexity index is 1600. The van der Waals surface area contributed by atoms with E-state index in [1.807, 2.05) is 28.8 Å². The van der Waals surface area contributed by atoms with Gasteiger partial charge in [0.25, 0.3) is 5.91 Å². The number of nitrogens with one attached hydrogen (secondary N) is 1. The first-order chi connectivity index (χ1) is 18.6. The molecule has 0 saturated heterocycles. The van der Waals surface area contributed by atoms with Gasteiger partial charge in [0.1, 0.15) is 0 Å². The number of carboxylic acid groups (broad SMARTS) is 1. The molecule has 5 rings (SSSR count). The number of carbonyl (C=O) groups is 2. The predicted molar refractivity (Wildman–Crippen MR) is 150 cm³/mol. The van der Waals surface area contributed by atoms with Crippen LogP contribution in [0.1, 0.15) is 65.1 Å². The molecule has 2 aromatic carbocycles. The summed E-state index contributed by atoms with van der Waals surface area (Å²) in [5.41, 5.74) is 5.94. The van der Waals surface area contributed by atoms with Crippen molar-refractivity contribution in [2.75, 3.05) is 21.2 Å². The molecule has 2 aliphatic rings. The standard InChI is InChI=1S/C29H33N3O6S/c1-31(2)39(36,37)30-28(33)20-10-12-24-25(15-20)32-16-22(29(34)35)14-21-13-18(17-38-3)9-11-23(21)27(32)26(24)19-7-5-4-6-8-19/h9-15,19H,4-8,16-17H2,1-3H3,(H,30,33)(H,34,35). The summed E-state index contributed by atoms with van der Waals surface area (Å²) in [5.74, 6) is -1.46. The van der Waals surface area contributed by atoms with Gasteiger partial charge in [-0.15, -0.1) is 0 Å². The van der Waals surface area contributed by atoms with Crippen molar-refractivity contribution in [3.8, 4) is 11.3 Å². The van der Waals surface area contributed by atoms with Crippen LogP contribution in [-0.4, -0.2) is 55.5 Å². The van der Waals surface area contributed by atoms with Crippen LogP contribution >= 0.6 is 0 Å². The molecule has 9 nitrogen and oxygen atoms in total. The molecule has 1 aliphatic heterocycles. The van der Waals surface area contributed by atoms with Crippen LogP contribution in [0, 0.1) is 0 Å². The highest BCUT2D eigenvalue weighted by atomic mass is 32.2. The normalized spacial score (nSPS) is 15.9. The largest absolute Gasteiger partial charge is 0.478 e. The molecule has 206 valence electrons. The van der Waals surface area contributed by atoms with Gasteiger partial charge in [0.05, 0.1) is 24.4 Å². The number of amides is 1. The molecular formula is C29H33N3O6S. The molecule has 10 heteroatoms. The average molecular weight is 552 g/mol. The van der Waals surface area contributed by atoms with Gasteiger partial charge in [-0.3, -0.25) is 4.79 Å². The maximum Gasteiger partial charge on any atom is 0.333 e. The van der Waals surface area contributed by atoms with E-state index in [2.05, 4.69) is 4.72 Å². The summed E-state index contributed by atoms with van der Waals surface area (Å²) < 4.78 is 34.9. The summed E-state index contributed by atoms with van der Waals surface area (Å²) >= 11 is 0. The highest BCUT2D eigenvalue weighted by Crippen LogP contribution is 2.46. The quantitative estimate of drug-likeness (QED) is 0.446. The summed E-state index contributed by atoms with van der Waals surface area (Å²) in [7, 11) is 0.342. The lowest BCUT2D eigenvalue weighted by Crippen LogP contribution is -2.39. The number of rotatable bonds is 7. The van der Waals surface area contributed by atoms with Crippen molar-refractivity contribution in [3.63, 3.8) is 0 Å². The molecule has 1 saturated carbocycles. The van der Waals surface area contributed by atoms with Crippen molar-refractivity contribution in [1.82, 2.24) is 13.6 Å². The van der Waals surface area contributed by atoms with Crippen LogP contribution in [0.15, 0.2) is 42.0 Å². The van der Waals surface area contributed by atoms with Crippen molar-refractivity contribution >= 4 is 39.1 Å². The fourth-order valence-corrected chi connectivity index (χ4v) is 6.32. The molecule has 2 heterocycles. The van der Waals surface area contributed by atoms with Crippen LogP contribution in [0.4, 0.5) is 0 Å². The number of fused-ring (bicyclic) bond motifs is 5. The SMILES string of the molecule is COCc1ccc2c(c1)C=C(C(=O)O)Cn1c-2c(C2CCCCC2)c2ccc(C(=O)NS(=O)(=O)N(C)C)cc21. The number of benzene rings is 2. The first-order valence-corrected chi connectivity index (χ1v) is 14.5. The Morgan fingerprint density at radius 2 is 1.85 bits per heavy atom. The number of ether oxygens (including phenoxy) is 1. The lowest BCUT2D eigenvalue weighted by Gasteiger charge is -2.24. The van der Waals surface area contributed by atoms with Crippen molar-refractivity contribution in [3.05, 3.63) is 64.2 Å². The highest BCUT2D eigenvalue weighted by molar-refractivity contribution is 7.87. The Kier molecular flexibility index (Phi) is 7.37. The second kappa shape index (κ2) is 10.6. The zero-order valence-corrected chi connectivity index (χ0v) is 23.2. The van der Waals surface area contributed by atoms with E-state index in [1.165, 1.54) is 26.1 Å². The Hall–Kier alpha value is -3.47. The maximum absolute atomic E-state index is 13.0. The maximum atomic E-state index is 13.0. The average Bonchev–Trinajstić information content (AvgIpc) is 3.11. The first-order valence-electron chi connectivity index (χ1n) is 13.1. The van der Waals surface area contributed by atoms with Gasteiger partial charge in [-0.05, 0) is 59.7 Å². The molecule has 1 amide bonds. The van der Waals surface area contributed by atoms with Crippen molar-refractivity contribution in [1.29, 1.82) is 0 Å². The minimum atomic E-state index is -3.97. The third-order valence-corrected chi connectivity index (χ3v) is 9.10. The minimum absolute atomic E-state index is 0.114. The second-order valence-corrected chi connectivity index (χ2v) is 12.3. The van der Waals surface area contributed by atoms with Gasteiger partial charge in [-0.1, -0.05) is 37.5 Å². The molecule has 1 fully saturated rings. The zero-order valence-electron chi connectivity index (χ0n) is 22.4. The number of carboxylic acids is 1. The Labute approximate surface area is 228 Å². The fourth-order valence-electron chi connectivity index (χ4n) is 5.78. The zero-order chi connectivity index (χ0) is 27.9. The lowest BCUT2D eigenvalue weighted by atomic mass is 9.81. The number of hydrogen-bond acceptors (Lipinski definition) is 5. The van der Waals surface area contributed by atoms with E-state index in [0.29, 0.717) is 18.0 Å². The summed E-state index contributed by atoms with van der Waals surface area (Å²) in [4.78, 5) is 25.3. The molecule has 39 heavy (non-hydrogen) atoms. The number of methoxy groups -OCH3 is 1. The van der Waals surface area contributed by atoms with E-state index in [4.69, 9.17) is 4.74 Å². The van der Waals surface area contributed by atoms with E-state index in [0.717, 1.165) is 57.8 Å². The van der Waals surface area contributed by atoms with Crippen molar-refractivity contribution in [2.24, 2.45) is 0 Å². The van der Waals surface area contributed by atoms with Crippen LogP contribution in [0.25, 0.3) is 28.2 Å². The number of carbonyl (C=O) groups excluding carboxylic acids is 1. The van der Waals surface area contributed by atoms with Crippen LogP contribution in [-0.2, 0) is 32.9 Å². The molecule has 1 aliphatic carbocycles. The van der Waals surface area contributed by atoms with Gasteiger partial charge >= 0.3 is 16.2 Å². The van der Waals surface area contributed by atoms with Crippen LogP contribution in [0.3, 0.4) is 0 Å². The van der Waals surface area contributed by atoms with Crippen LogP contribution in [0.5, 0.6) is 0 Å². The predicted octanol–water partition coefficient (Wildman–Crippen LogP) is 4.52. The van der Waals surface area contributed by atoms with Crippen LogP contribution < -0.4 is 4.72 Å². The molecule has 0 atom stereocenters. The van der Waals surface area contributed by atoms with E-state index >= 15 is 0 Å². The number of aliphatic carboxylic acids is 1. The van der Waals surface area contributed by atoms with Crippen molar-refractivity contribution < 1.29 is 27.9 Å². The Morgan fingerprint density at radius 1 is 1.10 bits per heavy atom. The number of nitrogens with zero attached hydrogens (tertiary/aromatic N) is 2. The lowest BCUT2D eigenvalue weighted by molar-refractivity contribution is -0.132. The topological polar surface area (TPSA) is 118 Å². The molecule has 2 N–H and O–H groups in total. The summed E-state index contributed by atoms with van der Waals surface area (Å²) in [6.45, 7) is 0.527. The van der Waals surface area contributed by atoms with E-state index in [-0.39, 0.29) is 17.7 Å². The van der Waals surface area contributed by atoms with Crippen molar-refractivity contribution in [2.45, 2.75) is 51.2 Å². The van der Waals surface area contributed by atoms with Gasteiger partial charge in [0, 0.05) is 43.2 Å². The third-order valence-electron chi connectivity index (χ3n) is 7.70. The third kappa shape index (κ3) is 5.11. The highest BCUT2D eigenvalue weighted by Gasteiger charge is 2.30. The van der Waals surface area contributed by atoms with Crippen LogP contribution in [0.2, 0.25) is 0 Å². The Morgan fingerprint density at radius 3 is 2.51 bits per heavy atom. The number of hydrogen-bond donors (Lipinski definition) is 2. The fraction of sp³-hybridized carbons (Fsp3) is 0.379. The molecule has 3 aromatic rings. The van der Waals surface area contributed by atoms with Gasteiger partial charge in [-0.25, -0.2) is 9.52 Å². The Balaban J connectivity index is 1.76. The summed E-state index contributed by atoms with van der Waals surface area (Å²) in [5, 5.41) is 11.1. The summed E-state index contributed by atoms with van der Waals surface area (Å²) in [6.07, 6.45) is 7.23. The molecule has 0 unspecified atom stereocenters. The number of aromatic nitrogens is 1. The molecule has 0 bridgehead atoms. The van der Waals surface area contributed by atoms with Gasteiger partial charge in [0.15, 0.2) is 0 Å². The monoisotopic (exact) mass is 551 g/mol. The minimum Gasteiger partial charge on any atom is -0.478 e. The summed E-state index contributed by atoms with van der Waals surface area (Å²) in [6, 6.07) is 11.2.